The van der Waals surface area contributed by atoms with Crippen LogP contribution in [0.3, 0.4) is 0 Å². The number of nitrogens with zero attached hydrogens (tertiary/aromatic N) is 3. The van der Waals surface area contributed by atoms with Gasteiger partial charge in [-0.15, -0.1) is 0 Å². The third-order valence-corrected chi connectivity index (χ3v) is 4.71. The molecule has 1 N–H and O–H groups in total. The van der Waals surface area contributed by atoms with Crippen molar-refractivity contribution in [1.82, 2.24) is 15.2 Å². The van der Waals surface area contributed by atoms with E-state index in [2.05, 4.69) is 34.2 Å². The van der Waals surface area contributed by atoms with Crippen LogP contribution in [0, 0.1) is 6.92 Å². The molecule has 2 aliphatic heterocycles. The molecule has 0 aromatic carbocycles. The van der Waals surface area contributed by atoms with Crippen LogP contribution in [0.1, 0.15) is 30.5 Å². The summed E-state index contributed by atoms with van der Waals surface area (Å²) >= 11 is 0. The van der Waals surface area contributed by atoms with Gasteiger partial charge in [-0.25, -0.2) is 4.98 Å². The second-order valence-corrected chi connectivity index (χ2v) is 6.08. The Morgan fingerprint density at radius 3 is 2.95 bits per heavy atom. The first-order chi connectivity index (χ1) is 9.78. The van der Waals surface area contributed by atoms with Crippen molar-refractivity contribution >= 4 is 5.82 Å². The summed E-state index contributed by atoms with van der Waals surface area (Å²) in [5.74, 6) is 1.16. The fourth-order valence-corrected chi connectivity index (χ4v) is 3.49. The van der Waals surface area contributed by atoms with Crippen LogP contribution in [-0.4, -0.2) is 49.2 Å². The van der Waals surface area contributed by atoms with Gasteiger partial charge >= 0.3 is 0 Å². The van der Waals surface area contributed by atoms with Crippen LogP contribution < -0.4 is 10.2 Å². The van der Waals surface area contributed by atoms with E-state index in [0.717, 1.165) is 37.2 Å². The van der Waals surface area contributed by atoms with Crippen LogP contribution >= 0.6 is 0 Å². The Labute approximate surface area is 122 Å². The first kappa shape index (κ1) is 13.8. The lowest BCUT2D eigenvalue weighted by Gasteiger charge is -2.44. The number of piperazine rings is 1. The molecule has 1 aromatic heterocycles. The van der Waals surface area contributed by atoms with E-state index in [9.17, 15) is 0 Å². The smallest absolute Gasteiger partial charge is 0.128 e. The first-order valence-electron chi connectivity index (χ1n) is 7.88. The van der Waals surface area contributed by atoms with Crippen molar-refractivity contribution in [2.75, 3.05) is 38.1 Å². The molecular weight excluding hydrogens is 248 g/mol. The lowest BCUT2D eigenvalue weighted by molar-refractivity contribution is 0.133. The van der Waals surface area contributed by atoms with Gasteiger partial charge in [-0.1, -0.05) is 12.5 Å². The summed E-state index contributed by atoms with van der Waals surface area (Å²) in [4.78, 5) is 9.96. The van der Waals surface area contributed by atoms with Gasteiger partial charge in [0.2, 0.25) is 0 Å². The molecular formula is C16H26N4. The maximum absolute atomic E-state index is 4.82. The maximum atomic E-state index is 4.82. The number of hydrogen-bond donors (Lipinski definition) is 1. The zero-order chi connectivity index (χ0) is 13.9. The topological polar surface area (TPSA) is 31.4 Å². The summed E-state index contributed by atoms with van der Waals surface area (Å²) < 4.78 is 0. The molecule has 2 aliphatic rings. The third-order valence-electron chi connectivity index (χ3n) is 4.71. The molecule has 3 heterocycles. The predicted octanol–water partition coefficient (Wildman–Crippen LogP) is 1.78. The van der Waals surface area contributed by atoms with Crippen LogP contribution in [0.25, 0.3) is 0 Å². The molecule has 0 radical (unpaired) electrons. The van der Waals surface area contributed by atoms with Crippen molar-refractivity contribution in [3.63, 3.8) is 0 Å². The van der Waals surface area contributed by atoms with Gasteiger partial charge in [0.1, 0.15) is 5.82 Å². The Bertz CT molecular complexity index is 460. The summed E-state index contributed by atoms with van der Waals surface area (Å²) in [5, 5.41) is 3.20. The minimum absolute atomic E-state index is 0.747. The highest BCUT2D eigenvalue weighted by atomic mass is 15.3. The number of aryl methyl sites for hydroxylation is 1. The minimum atomic E-state index is 0.747. The molecule has 3 rings (SSSR count). The summed E-state index contributed by atoms with van der Waals surface area (Å²) in [6.07, 6.45) is 4.13. The highest BCUT2D eigenvalue weighted by molar-refractivity contribution is 5.42. The molecule has 1 aromatic rings. The van der Waals surface area contributed by atoms with E-state index in [1.54, 1.807) is 0 Å². The van der Waals surface area contributed by atoms with Crippen LogP contribution in [-0.2, 0) is 6.54 Å². The van der Waals surface area contributed by atoms with E-state index in [1.165, 1.54) is 37.9 Å². The zero-order valence-corrected chi connectivity index (χ0v) is 12.7. The van der Waals surface area contributed by atoms with E-state index < -0.39 is 0 Å². The Kier molecular flexibility index (Phi) is 4.22. The van der Waals surface area contributed by atoms with Crippen molar-refractivity contribution in [1.29, 1.82) is 0 Å². The Balaban J connectivity index is 1.71. The van der Waals surface area contributed by atoms with E-state index in [4.69, 9.17) is 4.98 Å². The fourth-order valence-electron chi connectivity index (χ4n) is 3.49. The predicted molar refractivity (Wildman–Crippen MR) is 83.2 cm³/mol. The van der Waals surface area contributed by atoms with Crippen LogP contribution in [0.4, 0.5) is 5.82 Å². The minimum Gasteiger partial charge on any atom is -0.354 e. The Morgan fingerprint density at radius 1 is 1.25 bits per heavy atom. The molecule has 4 nitrogen and oxygen atoms in total. The van der Waals surface area contributed by atoms with E-state index >= 15 is 0 Å². The quantitative estimate of drug-likeness (QED) is 0.910. The average molecular weight is 274 g/mol. The number of pyridine rings is 1. The van der Waals surface area contributed by atoms with E-state index in [0.29, 0.717) is 0 Å². The maximum Gasteiger partial charge on any atom is 0.128 e. The molecule has 2 saturated heterocycles. The molecule has 110 valence electrons. The second-order valence-electron chi connectivity index (χ2n) is 6.08. The number of piperidine rings is 1. The van der Waals surface area contributed by atoms with Crippen molar-refractivity contribution < 1.29 is 0 Å². The molecule has 0 saturated carbocycles. The van der Waals surface area contributed by atoms with Crippen molar-refractivity contribution in [2.24, 2.45) is 0 Å². The number of hydrogen-bond acceptors (Lipinski definition) is 4. The Morgan fingerprint density at radius 2 is 2.15 bits per heavy atom. The first-order valence-corrected chi connectivity index (χ1v) is 7.88. The van der Waals surface area contributed by atoms with Crippen molar-refractivity contribution in [2.45, 2.75) is 38.8 Å². The largest absolute Gasteiger partial charge is 0.354 e. The standard InChI is InChI=1S/C16H26N4/c1-13-14(11-17-2)6-7-16(18-13)20-10-9-19-8-4-3-5-15(19)12-20/h6-7,15,17H,3-5,8-12H2,1-2H3. The van der Waals surface area contributed by atoms with Gasteiger partial charge in [0.25, 0.3) is 0 Å². The van der Waals surface area contributed by atoms with Crippen LogP contribution in [0.5, 0.6) is 0 Å². The highest BCUT2D eigenvalue weighted by Crippen LogP contribution is 2.24. The Hall–Kier alpha value is -1.13. The molecule has 4 heteroatoms. The van der Waals surface area contributed by atoms with Crippen LogP contribution in [0.2, 0.25) is 0 Å². The van der Waals surface area contributed by atoms with E-state index in [1.807, 2.05) is 7.05 Å². The SMILES string of the molecule is CNCc1ccc(N2CCN3CCCCC3C2)nc1C. The molecule has 0 amide bonds. The van der Waals surface area contributed by atoms with Gasteiger partial charge in [0, 0.05) is 37.9 Å². The van der Waals surface area contributed by atoms with Gasteiger partial charge < -0.3 is 10.2 Å². The average Bonchev–Trinajstić information content (AvgIpc) is 2.49. The van der Waals surface area contributed by atoms with Crippen molar-refractivity contribution in [3.05, 3.63) is 23.4 Å². The molecule has 0 spiro atoms. The number of fused-ring (bicyclic) bond motifs is 1. The molecule has 1 unspecified atom stereocenters. The number of aromatic nitrogens is 1. The molecule has 20 heavy (non-hydrogen) atoms. The molecule has 0 aliphatic carbocycles. The normalized spacial score (nSPS) is 23.7. The lowest BCUT2D eigenvalue weighted by Crippen LogP contribution is -2.55. The van der Waals surface area contributed by atoms with Gasteiger partial charge in [0.15, 0.2) is 0 Å². The van der Waals surface area contributed by atoms with E-state index in [-0.39, 0.29) is 0 Å². The van der Waals surface area contributed by atoms with Crippen molar-refractivity contribution in [3.8, 4) is 0 Å². The van der Waals surface area contributed by atoms with Gasteiger partial charge in [0.05, 0.1) is 0 Å². The van der Waals surface area contributed by atoms with Gasteiger partial charge in [-0.2, -0.15) is 0 Å². The second kappa shape index (κ2) is 6.10. The number of anilines is 1. The molecule has 1 atom stereocenters. The summed E-state index contributed by atoms with van der Waals surface area (Å²) in [7, 11) is 1.98. The number of rotatable bonds is 3. The van der Waals surface area contributed by atoms with Gasteiger partial charge in [-0.05, 0) is 45.0 Å². The molecule has 0 bridgehead atoms. The fraction of sp³-hybridized carbons (Fsp3) is 0.688. The molecule has 2 fully saturated rings. The number of nitrogens with one attached hydrogen (secondary N) is 1. The zero-order valence-electron chi connectivity index (χ0n) is 12.7. The van der Waals surface area contributed by atoms with Crippen LogP contribution in [0.15, 0.2) is 12.1 Å². The summed E-state index contributed by atoms with van der Waals surface area (Å²) in [5.41, 5.74) is 2.45. The monoisotopic (exact) mass is 274 g/mol. The highest BCUT2D eigenvalue weighted by Gasteiger charge is 2.29. The lowest BCUT2D eigenvalue weighted by atomic mass is 9.99. The summed E-state index contributed by atoms with van der Waals surface area (Å²) in [6.45, 7) is 7.78. The summed E-state index contributed by atoms with van der Waals surface area (Å²) in [6, 6.07) is 5.16. The van der Waals surface area contributed by atoms with Gasteiger partial charge in [-0.3, -0.25) is 4.90 Å². The third kappa shape index (κ3) is 2.81.